The number of fused-ring (bicyclic) bond motifs is 7. The van der Waals surface area contributed by atoms with Gasteiger partial charge in [0.15, 0.2) is 23.2 Å². The third-order valence-corrected chi connectivity index (χ3v) is 10.5. The van der Waals surface area contributed by atoms with Gasteiger partial charge in [0.2, 0.25) is 5.69 Å². The van der Waals surface area contributed by atoms with E-state index in [-0.39, 0.29) is 11.0 Å². The van der Waals surface area contributed by atoms with Gasteiger partial charge in [-0.3, -0.25) is 4.90 Å². The van der Waals surface area contributed by atoms with E-state index >= 15 is 0 Å². The molecule has 0 radical (unpaired) electrons. The zero-order chi connectivity index (χ0) is 26.1. The lowest BCUT2D eigenvalue weighted by Crippen LogP contribution is -2.68. The van der Waals surface area contributed by atoms with Crippen LogP contribution in [0.5, 0.6) is 11.5 Å². The van der Waals surface area contributed by atoms with Crippen molar-refractivity contribution in [3.8, 4) is 22.1 Å². The fourth-order valence-corrected chi connectivity index (χ4v) is 8.60. The first kappa shape index (κ1) is 23.5. The summed E-state index contributed by atoms with van der Waals surface area (Å²) in [6.45, 7) is 9.61. The van der Waals surface area contributed by atoms with Crippen LogP contribution in [-0.2, 0) is 11.0 Å². The summed E-state index contributed by atoms with van der Waals surface area (Å²) in [5, 5.41) is 3.86. The minimum absolute atomic E-state index is 0.00666. The molecular formula is C34H33N2OS+. The van der Waals surface area contributed by atoms with E-state index in [2.05, 4.69) is 128 Å². The summed E-state index contributed by atoms with van der Waals surface area (Å²) in [4.78, 5) is 3.79. The molecule has 0 bridgehead atoms. The van der Waals surface area contributed by atoms with Gasteiger partial charge in [0.25, 0.3) is 0 Å². The number of benzene rings is 3. The average Bonchev–Trinajstić information content (AvgIpc) is 3.41. The van der Waals surface area contributed by atoms with E-state index in [4.69, 9.17) is 4.74 Å². The average molecular weight is 518 g/mol. The number of aromatic nitrogens is 1. The lowest BCUT2D eigenvalue weighted by molar-refractivity contribution is -0.768. The fourth-order valence-electron chi connectivity index (χ4n) is 7.23. The van der Waals surface area contributed by atoms with Crippen molar-refractivity contribution in [3.05, 3.63) is 96.7 Å². The Balaban J connectivity index is 1.57. The normalized spacial score (nSPS) is 18.8. The summed E-state index contributed by atoms with van der Waals surface area (Å²) in [6.07, 6.45) is 5.60. The molecule has 0 saturated carbocycles. The molecule has 0 spiro atoms. The minimum atomic E-state index is -0.00791. The molecule has 38 heavy (non-hydrogen) atoms. The van der Waals surface area contributed by atoms with Crippen molar-refractivity contribution in [3.63, 3.8) is 0 Å². The van der Waals surface area contributed by atoms with Crippen LogP contribution in [0.1, 0.15) is 52.5 Å². The van der Waals surface area contributed by atoms with E-state index in [1.54, 1.807) is 0 Å². The van der Waals surface area contributed by atoms with Crippen LogP contribution < -0.4 is 14.2 Å². The van der Waals surface area contributed by atoms with Gasteiger partial charge >= 0.3 is 0 Å². The van der Waals surface area contributed by atoms with Gasteiger partial charge in [0.1, 0.15) is 9.88 Å². The summed E-state index contributed by atoms with van der Waals surface area (Å²) in [6, 6.07) is 30.5. The number of hydrogen-bond acceptors (Lipinski definition) is 3. The van der Waals surface area contributed by atoms with Crippen molar-refractivity contribution in [2.24, 2.45) is 0 Å². The Labute approximate surface area is 229 Å². The standard InChI is InChI=1S/C34H33N2OS/c1-5-33(4)25-22-30(36-26-16-10-12-18-28(26)37-29-19-13-11-17-27(29)36)38-32(25)31-24-15-9-8-14-23(24)20-21-35(31)34(33,6-2)7-3/h8-22H,5-7H2,1-4H3/q+1. The van der Waals surface area contributed by atoms with Crippen LogP contribution in [0.15, 0.2) is 91.1 Å². The van der Waals surface area contributed by atoms with Gasteiger partial charge in [0.05, 0.1) is 22.2 Å². The second-order valence-electron chi connectivity index (χ2n) is 10.7. The Morgan fingerprint density at radius 3 is 2.08 bits per heavy atom. The van der Waals surface area contributed by atoms with Crippen molar-refractivity contribution in [1.82, 2.24) is 0 Å². The van der Waals surface area contributed by atoms with E-state index in [1.807, 2.05) is 11.3 Å². The van der Waals surface area contributed by atoms with Crippen molar-refractivity contribution in [2.45, 2.75) is 57.9 Å². The number of nitrogens with zero attached hydrogens (tertiary/aromatic N) is 2. The number of anilines is 3. The Kier molecular flexibility index (Phi) is 5.22. The summed E-state index contributed by atoms with van der Waals surface area (Å²) in [5.74, 6) is 1.79. The second kappa shape index (κ2) is 8.44. The molecular weight excluding hydrogens is 484 g/mol. The van der Waals surface area contributed by atoms with E-state index in [1.165, 1.54) is 31.9 Å². The van der Waals surface area contributed by atoms with Crippen LogP contribution in [0.3, 0.4) is 0 Å². The molecule has 0 amide bonds. The van der Waals surface area contributed by atoms with Gasteiger partial charge in [-0.2, -0.15) is 4.57 Å². The largest absolute Gasteiger partial charge is 0.453 e. The van der Waals surface area contributed by atoms with Gasteiger partial charge < -0.3 is 4.74 Å². The third kappa shape index (κ3) is 2.92. The Bertz CT molecular complexity index is 1650. The fraction of sp³-hybridized carbons (Fsp3) is 0.265. The smallest absolute Gasteiger partial charge is 0.231 e. The second-order valence-corrected chi connectivity index (χ2v) is 11.8. The molecule has 2 aliphatic rings. The maximum absolute atomic E-state index is 6.33. The van der Waals surface area contributed by atoms with Crippen molar-refractivity contribution < 1.29 is 9.30 Å². The highest BCUT2D eigenvalue weighted by Gasteiger charge is 2.59. The zero-order valence-electron chi connectivity index (χ0n) is 22.5. The lowest BCUT2D eigenvalue weighted by atomic mass is 9.60. The molecule has 7 rings (SSSR count). The Hall–Kier alpha value is -3.63. The molecule has 1 atom stereocenters. The molecule has 0 aliphatic carbocycles. The first-order valence-corrected chi connectivity index (χ1v) is 14.6. The number of rotatable bonds is 4. The van der Waals surface area contributed by atoms with E-state index in [9.17, 15) is 0 Å². The van der Waals surface area contributed by atoms with Gasteiger partial charge in [-0.25, -0.2) is 0 Å². The number of hydrogen-bond donors (Lipinski definition) is 0. The maximum atomic E-state index is 6.33. The number of para-hydroxylation sites is 4. The molecule has 4 heteroatoms. The van der Waals surface area contributed by atoms with Gasteiger partial charge in [0, 0.05) is 18.9 Å². The molecule has 0 fully saturated rings. The van der Waals surface area contributed by atoms with Gasteiger partial charge in [-0.15, -0.1) is 11.3 Å². The quantitative estimate of drug-likeness (QED) is 0.216. The number of thiophene rings is 1. The van der Waals surface area contributed by atoms with Crippen LogP contribution in [0.2, 0.25) is 0 Å². The molecule has 5 aromatic rings. The third-order valence-electron chi connectivity index (χ3n) is 9.41. The zero-order valence-corrected chi connectivity index (χ0v) is 23.3. The molecule has 4 heterocycles. The highest BCUT2D eigenvalue weighted by Crippen LogP contribution is 2.59. The summed E-state index contributed by atoms with van der Waals surface area (Å²) in [5.41, 5.74) is 5.00. The van der Waals surface area contributed by atoms with Crippen LogP contribution in [0.4, 0.5) is 16.4 Å². The topological polar surface area (TPSA) is 16.4 Å². The number of ether oxygens (including phenoxy) is 1. The molecule has 0 N–H and O–H groups in total. The molecule has 0 saturated heterocycles. The van der Waals surface area contributed by atoms with Crippen molar-refractivity contribution in [2.75, 3.05) is 4.90 Å². The highest BCUT2D eigenvalue weighted by atomic mass is 32.1. The van der Waals surface area contributed by atoms with Crippen molar-refractivity contribution >= 4 is 38.5 Å². The minimum Gasteiger partial charge on any atom is -0.453 e. The van der Waals surface area contributed by atoms with Gasteiger partial charge in [-0.05, 0) is 60.7 Å². The molecule has 1 unspecified atom stereocenters. The molecule has 2 aromatic heterocycles. The monoisotopic (exact) mass is 517 g/mol. The molecule has 3 nitrogen and oxygen atoms in total. The molecule has 2 aliphatic heterocycles. The first-order chi connectivity index (χ1) is 18.6. The van der Waals surface area contributed by atoms with E-state index < -0.39 is 0 Å². The summed E-state index contributed by atoms with van der Waals surface area (Å²) >= 11 is 1.92. The Morgan fingerprint density at radius 1 is 0.789 bits per heavy atom. The van der Waals surface area contributed by atoms with E-state index in [0.717, 1.165) is 42.1 Å². The predicted molar refractivity (Wildman–Crippen MR) is 158 cm³/mol. The number of pyridine rings is 1. The van der Waals surface area contributed by atoms with Crippen LogP contribution in [-0.4, -0.2) is 0 Å². The van der Waals surface area contributed by atoms with Crippen LogP contribution in [0.25, 0.3) is 21.3 Å². The highest BCUT2D eigenvalue weighted by molar-refractivity contribution is 7.19. The summed E-state index contributed by atoms with van der Waals surface area (Å²) < 4.78 is 8.98. The molecule has 190 valence electrons. The maximum Gasteiger partial charge on any atom is 0.231 e. The van der Waals surface area contributed by atoms with Gasteiger partial charge in [-0.1, -0.05) is 63.2 Å². The summed E-state index contributed by atoms with van der Waals surface area (Å²) in [7, 11) is 0. The van der Waals surface area contributed by atoms with E-state index in [0.29, 0.717) is 0 Å². The lowest BCUT2D eigenvalue weighted by Gasteiger charge is -2.46. The van der Waals surface area contributed by atoms with Crippen molar-refractivity contribution in [1.29, 1.82) is 0 Å². The Morgan fingerprint density at radius 2 is 1.42 bits per heavy atom. The predicted octanol–water partition coefficient (Wildman–Crippen LogP) is 9.63. The SMILES string of the molecule is CCC1(C)c2cc(N3c4ccccc4Oc4ccccc43)sc2-c2c3ccccc3cc[n+]2C1(CC)CC. The van der Waals surface area contributed by atoms with Crippen LogP contribution >= 0.6 is 11.3 Å². The molecule has 3 aromatic carbocycles. The van der Waals surface area contributed by atoms with Crippen LogP contribution in [0, 0.1) is 0 Å². The first-order valence-electron chi connectivity index (χ1n) is 13.8.